The third-order valence-corrected chi connectivity index (χ3v) is 4.58. The maximum Gasteiger partial charge on any atom is 0.363 e. The molecule has 0 aliphatic rings. The summed E-state index contributed by atoms with van der Waals surface area (Å²) in [5.41, 5.74) is -0.0184. The number of halogens is 1. The SMILES string of the molecule is CCNc1c(NS(=O)(=O)CCCCl)c(=O)oc2ccccc12. The predicted octanol–water partition coefficient (Wildman–Crippen LogP) is 2.60. The van der Waals surface area contributed by atoms with Gasteiger partial charge >= 0.3 is 5.63 Å². The molecule has 0 aliphatic carbocycles. The van der Waals surface area contributed by atoms with E-state index in [1.54, 1.807) is 24.3 Å². The summed E-state index contributed by atoms with van der Waals surface area (Å²) in [7, 11) is -3.66. The van der Waals surface area contributed by atoms with Gasteiger partial charge in [-0.25, -0.2) is 13.2 Å². The zero-order chi connectivity index (χ0) is 16.2. The van der Waals surface area contributed by atoms with Crippen molar-refractivity contribution >= 4 is 44.0 Å². The second kappa shape index (κ2) is 7.02. The van der Waals surface area contributed by atoms with E-state index in [2.05, 4.69) is 10.0 Å². The van der Waals surface area contributed by atoms with Crippen molar-refractivity contribution in [2.24, 2.45) is 0 Å². The van der Waals surface area contributed by atoms with Crippen LogP contribution in [0.25, 0.3) is 11.0 Å². The maximum absolute atomic E-state index is 12.1. The average molecular weight is 345 g/mol. The van der Waals surface area contributed by atoms with E-state index in [1.807, 2.05) is 6.92 Å². The van der Waals surface area contributed by atoms with Crippen molar-refractivity contribution in [3.63, 3.8) is 0 Å². The first-order chi connectivity index (χ1) is 10.5. The Hall–Kier alpha value is -1.73. The molecule has 0 saturated carbocycles. The molecule has 1 aromatic carbocycles. The highest BCUT2D eigenvalue weighted by atomic mass is 35.5. The quantitative estimate of drug-likeness (QED) is 0.595. The molecule has 2 rings (SSSR count). The predicted molar refractivity (Wildman–Crippen MR) is 89.4 cm³/mol. The number of rotatable bonds is 7. The van der Waals surface area contributed by atoms with Crippen molar-refractivity contribution < 1.29 is 12.8 Å². The molecule has 0 atom stereocenters. The Morgan fingerprint density at radius 3 is 2.64 bits per heavy atom. The Labute approximate surface area is 133 Å². The number of para-hydroxylation sites is 1. The Bertz CT molecular complexity index is 817. The van der Waals surface area contributed by atoms with Gasteiger partial charge in [0.15, 0.2) is 5.69 Å². The van der Waals surface area contributed by atoms with Crippen LogP contribution in [0.4, 0.5) is 11.4 Å². The zero-order valence-electron chi connectivity index (χ0n) is 12.1. The van der Waals surface area contributed by atoms with Gasteiger partial charge in [-0.05, 0) is 25.5 Å². The van der Waals surface area contributed by atoms with Crippen LogP contribution in [0.2, 0.25) is 0 Å². The van der Waals surface area contributed by atoms with E-state index in [1.165, 1.54) is 0 Å². The molecule has 0 unspecified atom stereocenters. The zero-order valence-corrected chi connectivity index (χ0v) is 13.6. The van der Waals surface area contributed by atoms with E-state index in [4.69, 9.17) is 16.0 Å². The minimum absolute atomic E-state index is 0.102. The van der Waals surface area contributed by atoms with Gasteiger partial charge in [0.2, 0.25) is 10.0 Å². The molecule has 120 valence electrons. The monoisotopic (exact) mass is 344 g/mol. The molecule has 1 heterocycles. The Morgan fingerprint density at radius 2 is 1.95 bits per heavy atom. The minimum atomic E-state index is -3.66. The van der Waals surface area contributed by atoms with Crippen molar-refractivity contribution in [1.29, 1.82) is 0 Å². The van der Waals surface area contributed by atoms with Crippen molar-refractivity contribution in [3.05, 3.63) is 34.7 Å². The number of benzene rings is 1. The molecule has 0 saturated heterocycles. The second-order valence-electron chi connectivity index (χ2n) is 4.63. The van der Waals surface area contributed by atoms with E-state index in [9.17, 15) is 13.2 Å². The molecule has 0 fully saturated rings. The Kier molecular flexibility index (Phi) is 5.31. The molecular weight excluding hydrogens is 328 g/mol. The number of anilines is 2. The molecule has 0 bridgehead atoms. The number of fused-ring (bicyclic) bond motifs is 1. The van der Waals surface area contributed by atoms with Crippen LogP contribution in [0.3, 0.4) is 0 Å². The van der Waals surface area contributed by atoms with Crippen LogP contribution in [0.15, 0.2) is 33.5 Å². The largest absolute Gasteiger partial charge is 0.421 e. The van der Waals surface area contributed by atoms with Gasteiger partial charge in [0, 0.05) is 17.8 Å². The summed E-state index contributed by atoms with van der Waals surface area (Å²) in [6.07, 6.45) is 0.298. The molecular formula is C14H17ClN2O4S. The normalized spacial score (nSPS) is 11.5. The summed E-state index contributed by atoms with van der Waals surface area (Å²) < 4.78 is 31.5. The lowest BCUT2D eigenvalue weighted by Crippen LogP contribution is -2.23. The molecule has 6 nitrogen and oxygen atoms in total. The third kappa shape index (κ3) is 3.72. The van der Waals surface area contributed by atoms with E-state index < -0.39 is 15.6 Å². The molecule has 0 spiro atoms. The van der Waals surface area contributed by atoms with E-state index in [0.29, 0.717) is 29.6 Å². The van der Waals surface area contributed by atoms with Crippen molar-refractivity contribution in [2.75, 3.05) is 28.2 Å². The molecule has 1 aromatic heterocycles. The lowest BCUT2D eigenvalue weighted by Gasteiger charge is -2.14. The minimum Gasteiger partial charge on any atom is -0.421 e. The summed E-state index contributed by atoms with van der Waals surface area (Å²) in [6.45, 7) is 2.39. The smallest absolute Gasteiger partial charge is 0.363 e. The number of sulfonamides is 1. The summed E-state index contributed by atoms with van der Waals surface area (Å²) in [5, 5.41) is 3.66. The van der Waals surface area contributed by atoms with Gasteiger partial charge in [0.1, 0.15) is 5.58 Å². The van der Waals surface area contributed by atoms with Gasteiger partial charge in [-0.1, -0.05) is 12.1 Å². The number of nitrogens with one attached hydrogen (secondary N) is 2. The Balaban J connectivity index is 2.55. The van der Waals surface area contributed by atoms with Crippen molar-refractivity contribution in [1.82, 2.24) is 0 Å². The Morgan fingerprint density at radius 1 is 1.23 bits per heavy atom. The number of hydrogen-bond donors (Lipinski definition) is 2. The summed E-state index contributed by atoms with van der Waals surface area (Å²) in [6, 6.07) is 6.94. The van der Waals surface area contributed by atoms with E-state index in [0.717, 1.165) is 0 Å². The lowest BCUT2D eigenvalue weighted by molar-refractivity contribution is 0.563. The van der Waals surface area contributed by atoms with Gasteiger partial charge in [0.05, 0.1) is 11.4 Å². The molecule has 0 amide bonds. The average Bonchev–Trinajstić information content (AvgIpc) is 2.49. The molecule has 2 N–H and O–H groups in total. The van der Waals surface area contributed by atoms with Gasteiger partial charge in [-0.3, -0.25) is 4.72 Å². The fourth-order valence-electron chi connectivity index (χ4n) is 2.05. The fourth-order valence-corrected chi connectivity index (χ4v) is 3.47. The van der Waals surface area contributed by atoms with Crippen LogP contribution >= 0.6 is 11.6 Å². The van der Waals surface area contributed by atoms with Crippen LogP contribution in [0.5, 0.6) is 0 Å². The standard InChI is InChI=1S/C14H17ClN2O4S/c1-2-16-12-10-6-3-4-7-11(10)21-14(18)13(12)17-22(19,20)9-5-8-15/h3-4,6-7,16-17H,2,5,8-9H2,1H3. The topological polar surface area (TPSA) is 88.4 Å². The lowest BCUT2D eigenvalue weighted by atomic mass is 10.2. The molecule has 0 aliphatic heterocycles. The highest BCUT2D eigenvalue weighted by Crippen LogP contribution is 2.29. The highest BCUT2D eigenvalue weighted by Gasteiger charge is 2.19. The summed E-state index contributed by atoms with van der Waals surface area (Å²) in [4.78, 5) is 12.1. The number of alkyl halides is 1. The van der Waals surface area contributed by atoms with Crippen LogP contribution in [0.1, 0.15) is 13.3 Å². The van der Waals surface area contributed by atoms with Crippen LogP contribution in [0, 0.1) is 0 Å². The van der Waals surface area contributed by atoms with Crippen LogP contribution in [-0.4, -0.2) is 26.6 Å². The summed E-state index contributed by atoms with van der Waals surface area (Å²) >= 11 is 5.52. The van der Waals surface area contributed by atoms with Crippen molar-refractivity contribution in [2.45, 2.75) is 13.3 Å². The van der Waals surface area contributed by atoms with E-state index >= 15 is 0 Å². The van der Waals surface area contributed by atoms with Crippen molar-refractivity contribution in [3.8, 4) is 0 Å². The summed E-state index contributed by atoms with van der Waals surface area (Å²) in [5.74, 6) is 0.0711. The maximum atomic E-state index is 12.1. The first-order valence-electron chi connectivity index (χ1n) is 6.84. The van der Waals surface area contributed by atoms with Gasteiger partial charge < -0.3 is 9.73 Å². The number of hydrogen-bond acceptors (Lipinski definition) is 5. The fraction of sp³-hybridized carbons (Fsp3) is 0.357. The molecule has 2 aromatic rings. The van der Waals surface area contributed by atoms with Gasteiger partial charge in [-0.2, -0.15) is 0 Å². The van der Waals surface area contributed by atoms with Crippen LogP contribution < -0.4 is 15.7 Å². The highest BCUT2D eigenvalue weighted by molar-refractivity contribution is 7.92. The molecule has 22 heavy (non-hydrogen) atoms. The first-order valence-corrected chi connectivity index (χ1v) is 9.03. The van der Waals surface area contributed by atoms with Gasteiger partial charge in [0.25, 0.3) is 0 Å². The molecule has 0 radical (unpaired) electrons. The second-order valence-corrected chi connectivity index (χ2v) is 6.85. The molecule has 8 heteroatoms. The third-order valence-electron chi connectivity index (χ3n) is 2.97. The van der Waals surface area contributed by atoms with Gasteiger partial charge in [-0.15, -0.1) is 11.6 Å². The van der Waals surface area contributed by atoms with Crippen LogP contribution in [-0.2, 0) is 10.0 Å². The first kappa shape index (κ1) is 16.6. The van der Waals surface area contributed by atoms with E-state index in [-0.39, 0.29) is 17.3 Å².